The summed E-state index contributed by atoms with van der Waals surface area (Å²) >= 11 is 0. The zero-order chi connectivity index (χ0) is 10.7. The average Bonchev–Trinajstić information content (AvgIpc) is 2.72. The van der Waals surface area contributed by atoms with Crippen molar-refractivity contribution in [1.29, 1.82) is 0 Å². The lowest BCUT2D eigenvalue weighted by Gasteiger charge is -2.28. The van der Waals surface area contributed by atoms with Gasteiger partial charge in [-0.05, 0) is 30.9 Å². The van der Waals surface area contributed by atoms with Crippen molar-refractivity contribution in [3.63, 3.8) is 0 Å². The van der Waals surface area contributed by atoms with Gasteiger partial charge in [0.25, 0.3) is 0 Å². The minimum Gasteiger partial charge on any atom is -0.480 e. The number of hydrogen-bond acceptors (Lipinski definition) is 1. The molecular formula is C12H17NO2. The summed E-state index contributed by atoms with van der Waals surface area (Å²) in [6.45, 7) is 0. The van der Waals surface area contributed by atoms with Gasteiger partial charge >= 0.3 is 5.97 Å². The van der Waals surface area contributed by atoms with Crippen LogP contribution in [0.2, 0.25) is 0 Å². The average molecular weight is 207 g/mol. The van der Waals surface area contributed by atoms with Gasteiger partial charge in [0, 0.05) is 12.4 Å². The van der Waals surface area contributed by atoms with Gasteiger partial charge in [-0.15, -0.1) is 0 Å². The van der Waals surface area contributed by atoms with Crippen molar-refractivity contribution in [2.45, 2.75) is 38.1 Å². The fourth-order valence-corrected chi connectivity index (χ4v) is 2.56. The highest BCUT2D eigenvalue weighted by Gasteiger charge is 2.29. The van der Waals surface area contributed by atoms with Gasteiger partial charge in [0.05, 0.1) is 0 Å². The molecule has 0 spiro atoms. The first-order valence-electron chi connectivity index (χ1n) is 5.64. The SMILES string of the molecule is O=C(O)C(C1CCCCC1)n1cccc1. The molecule has 1 fully saturated rings. The van der Waals surface area contributed by atoms with Crippen LogP contribution in [0.3, 0.4) is 0 Å². The number of carbonyl (C=O) groups is 1. The molecule has 1 atom stereocenters. The first-order chi connectivity index (χ1) is 7.29. The Hall–Kier alpha value is -1.25. The Labute approximate surface area is 89.7 Å². The molecule has 82 valence electrons. The van der Waals surface area contributed by atoms with E-state index >= 15 is 0 Å². The molecule has 3 heteroatoms. The maximum Gasteiger partial charge on any atom is 0.326 e. The molecule has 1 N–H and O–H groups in total. The van der Waals surface area contributed by atoms with Crippen molar-refractivity contribution in [3.05, 3.63) is 24.5 Å². The monoisotopic (exact) mass is 207 g/mol. The standard InChI is InChI=1S/C12H17NO2/c14-12(15)11(13-8-4-5-9-13)10-6-2-1-3-7-10/h4-5,8-11H,1-3,6-7H2,(H,14,15). The van der Waals surface area contributed by atoms with Crippen LogP contribution in [0.4, 0.5) is 0 Å². The van der Waals surface area contributed by atoms with Crippen LogP contribution in [-0.4, -0.2) is 15.6 Å². The van der Waals surface area contributed by atoms with Gasteiger partial charge in [-0.25, -0.2) is 4.79 Å². The van der Waals surface area contributed by atoms with Gasteiger partial charge in [-0.1, -0.05) is 19.3 Å². The molecule has 0 aliphatic heterocycles. The topological polar surface area (TPSA) is 42.2 Å². The second-order valence-corrected chi connectivity index (χ2v) is 4.31. The zero-order valence-electron chi connectivity index (χ0n) is 8.80. The maximum absolute atomic E-state index is 11.3. The van der Waals surface area contributed by atoms with Crippen LogP contribution in [0.15, 0.2) is 24.5 Å². The molecule has 0 radical (unpaired) electrons. The quantitative estimate of drug-likeness (QED) is 0.828. The van der Waals surface area contributed by atoms with Gasteiger partial charge in [0.15, 0.2) is 0 Å². The molecule has 1 aromatic heterocycles. The van der Waals surface area contributed by atoms with Crippen LogP contribution in [0, 0.1) is 5.92 Å². The van der Waals surface area contributed by atoms with Gasteiger partial charge in [-0.2, -0.15) is 0 Å². The highest BCUT2D eigenvalue weighted by molar-refractivity contribution is 5.72. The molecule has 1 aliphatic rings. The third-order valence-electron chi connectivity index (χ3n) is 3.30. The molecular weight excluding hydrogens is 190 g/mol. The number of aromatic nitrogens is 1. The molecule has 0 bridgehead atoms. The predicted octanol–water partition coefficient (Wildman–Crippen LogP) is 2.69. The fraction of sp³-hybridized carbons (Fsp3) is 0.583. The van der Waals surface area contributed by atoms with Gasteiger partial charge in [0.2, 0.25) is 0 Å². The van der Waals surface area contributed by atoms with Crippen molar-refractivity contribution >= 4 is 5.97 Å². The maximum atomic E-state index is 11.3. The first-order valence-corrected chi connectivity index (χ1v) is 5.64. The van der Waals surface area contributed by atoms with E-state index in [4.69, 9.17) is 0 Å². The Morgan fingerprint density at radius 1 is 1.20 bits per heavy atom. The van der Waals surface area contributed by atoms with Crippen molar-refractivity contribution in [2.24, 2.45) is 5.92 Å². The summed E-state index contributed by atoms with van der Waals surface area (Å²) in [5.41, 5.74) is 0. The predicted molar refractivity (Wildman–Crippen MR) is 57.7 cm³/mol. The second-order valence-electron chi connectivity index (χ2n) is 4.31. The van der Waals surface area contributed by atoms with E-state index in [2.05, 4.69) is 0 Å². The number of rotatable bonds is 3. The summed E-state index contributed by atoms with van der Waals surface area (Å²) in [5.74, 6) is -0.387. The molecule has 0 saturated heterocycles. The Kier molecular flexibility index (Phi) is 3.09. The molecule has 1 heterocycles. The molecule has 1 aromatic rings. The van der Waals surface area contributed by atoms with E-state index in [0.29, 0.717) is 5.92 Å². The highest BCUT2D eigenvalue weighted by atomic mass is 16.4. The molecule has 3 nitrogen and oxygen atoms in total. The third kappa shape index (κ3) is 2.22. The number of carboxylic acid groups (broad SMARTS) is 1. The normalized spacial score (nSPS) is 20.0. The van der Waals surface area contributed by atoms with Crippen LogP contribution in [0.1, 0.15) is 38.1 Å². The van der Waals surface area contributed by atoms with E-state index in [1.165, 1.54) is 19.3 Å². The fourth-order valence-electron chi connectivity index (χ4n) is 2.56. The second kappa shape index (κ2) is 4.51. The zero-order valence-corrected chi connectivity index (χ0v) is 8.80. The smallest absolute Gasteiger partial charge is 0.326 e. The summed E-state index contributed by atoms with van der Waals surface area (Å²) in [4.78, 5) is 11.3. The number of nitrogens with zero attached hydrogens (tertiary/aromatic N) is 1. The van der Waals surface area contributed by atoms with E-state index < -0.39 is 5.97 Å². The Bertz CT molecular complexity index is 312. The lowest BCUT2D eigenvalue weighted by Crippen LogP contribution is -2.27. The van der Waals surface area contributed by atoms with E-state index in [1.807, 2.05) is 29.1 Å². The minimum absolute atomic E-state index is 0.309. The van der Waals surface area contributed by atoms with Crippen LogP contribution in [0.25, 0.3) is 0 Å². The van der Waals surface area contributed by atoms with E-state index in [0.717, 1.165) is 12.8 Å². The van der Waals surface area contributed by atoms with Crippen LogP contribution >= 0.6 is 0 Å². The van der Waals surface area contributed by atoms with Gasteiger partial charge in [0.1, 0.15) is 6.04 Å². The van der Waals surface area contributed by atoms with E-state index in [1.54, 1.807) is 0 Å². The van der Waals surface area contributed by atoms with Crippen LogP contribution in [-0.2, 0) is 4.79 Å². The first kappa shape index (κ1) is 10.3. The molecule has 0 amide bonds. The Morgan fingerprint density at radius 3 is 2.33 bits per heavy atom. The largest absolute Gasteiger partial charge is 0.480 e. The summed E-state index contributed by atoms with van der Waals surface area (Å²) in [6, 6.07) is 3.41. The Morgan fingerprint density at radius 2 is 1.80 bits per heavy atom. The van der Waals surface area contributed by atoms with E-state index in [-0.39, 0.29) is 6.04 Å². The molecule has 1 aliphatic carbocycles. The number of aliphatic carboxylic acids is 1. The lowest BCUT2D eigenvalue weighted by atomic mass is 9.84. The lowest BCUT2D eigenvalue weighted by molar-refractivity contribution is -0.143. The number of carboxylic acids is 1. The van der Waals surface area contributed by atoms with Crippen molar-refractivity contribution in [3.8, 4) is 0 Å². The molecule has 15 heavy (non-hydrogen) atoms. The van der Waals surface area contributed by atoms with E-state index in [9.17, 15) is 9.90 Å². The summed E-state index contributed by atoms with van der Waals surface area (Å²) in [5, 5.41) is 9.28. The minimum atomic E-state index is -0.696. The summed E-state index contributed by atoms with van der Waals surface area (Å²) in [7, 11) is 0. The Balaban J connectivity index is 2.15. The summed E-state index contributed by atoms with van der Waals surface area (Å²) in [6.07, 6.45) is 9.42. The van der Waals surface area contributed by atoms with Crippen LogP contribution < -0.4 is 0 Å². The number of hydrogen-bond donors (Lipinski definition) is 1. The summed E-state index contributed by atoms with van der Waals surface area (Å²) < 4.78 is 1.83. The molecule has 1 saturated carbocycles. The van der Waals surface area contributed by atoms with Crippen molar-refractivity contribution in [1.82, 2.24) is 4.57 Å². The molecule has 2 rings (SSSR count). The molecule has 1 unspecified atom stereocenters. The van der Waals surface area contributed by atoms with Gasteiger partial charge in [-0.3, -0.25) is 0 Å². The van der Waals surface area contributed by atoms with Crippen molar-refractivity contribution in [2.75, 3.05) is 0 Å². The highest BCUT2D eigenvalue weighted by Crippen LogP contribution is 2.33. The van der Waals surface area contributed by atoms with Crippen molar-refractivity contribution < 1.29 is 9.90 Å². The third-order valence-corrected chi connectivity index (χ3v) is 3.30. The molecule has 0 aromatic carbocycles. The van der Waals surface area contributed by atoms with Gasteiger partial charge < -0.3 is 9.67 Å². The van der Waals surface area contributed by atoms with Crippen LogP contribution in [0.5, 0.6) is 0 Å².